The molecule has 2 aromatic carbocycles. The molecule has 3 rings (SSSR count). The van der Waals surface area contributed by atoms with E-state index in [9.17, 15) is 9.90 Å². The van der Waals surface area contributed by atoms with Crippen molar-refractivity contribution in [1.82, 2.24) is 4.90 Å². The Morgan fingerprint density at radius 1 is 1.16 bits per heavy atom. The monoisotopic (exact) mass is 336 g/mol. The Morgan fingerprint density at radius 3 is 2.44 bits per heavy atom. The molecule has 0 bridgehead atoms. The Bertz CT molecular complexity index is 676. The molecule has 25 heavy (non-hydrogen) atoms. The summed E-state index contributed by atoms with van der Waals surface area (Å²) in [5.41, 5.74) is 1.62. The Hall–Kier alpha value is -2.13. The number of piperidine rings is 1. The van der Waals surface area contributed by atoms with Crippen molar-refractivity contribution < 1.29 is 9.90 Å². The number of hydrogen-bond donors (Lipinski definition) is 1. The molecule has 1 atom stereocenters. The number of likely N-dealkylation sites (tertiary alicyclic amines) is 1. The van der Waals surface area contributed by atoms with E-state index in [-0.39, 0.29) is 11.8 Å². The first-order valence-corrected chi connectivity index (χ1v) is 9.06. The molecule has 1 aliphatic rings. The summed E-state index contributed by atoms with van der Waals surface area (Å²) in [6.45, 7) is 3.37. The molecule has 1 radical (unpaired) electrons. The first kappa shape index (κ1) is 17.7. The van der Waals surface area contributed by atoms with Crippen molar-refractivity contribution in [2.75, 3.05) is 13.1 Å². The third kappa shape index (κ3) is 4.70. The Labute approximate surface area is 150 Å². The normalized spacial score (nSPS) is 17.9. The van der Waals surface area contributed by atoms with Gasteiger partial charge in [-0.25, -0.2) is 0 Å². The molecule has 0 spiro atoms. The summed E-state index contributed by atoms with van der Waals surface area (Å²) in [4.78, 5) is 14.5. The second-order valence-corrected chi connectivity index (χ2v) is 7.21. The van der Waals surface area contributed by atoms with E-state index in [1.165, 1.54) is 5.56 Å². The summed E-state index contributed by atoms with van der Waals surface area (Å²) in [5.74, 6) is 0.405. The van der Waals surface area contributed by atoms with Crippen LogP contribution < -0.4 is 0 Å². The van der Waals surface area contributed by atoms with Gasteiger partial charge < -0.3 is 10.0 Å². The van der Waals surface area contributed by atoms with Gasteiger partial charge in [0, 0.05) is 25.9 Å². The minimum atomic E-state index is -0.705. The van der Waals surface area contributed by atoms with E-state index in [1.54, 1.807) is 0 Å². The molecule has 1 aliphatic heterocycles. The lowest BCUT2D eigenvalue weighted by Crippen LogP contribution is -2.47. The van der Waals surface area contributed by atoms with E-state index in [1.807, 2.05) is 47.4 Å². The zero-order chi connectivity index (χ0) is 17.7. The van der Waals surface area contributed by atoms with Crippen LogP contribution in [-0.4, -0.2) is 34.6 Å². The van der Waals surface area contributed by atoms with Crippen LogP contribution in [0.5, 0.6) is 0 Å². The van der Waals surface area contributed by atoms with Gasteiger partial charge in [-0.3, -0.25) is 4.79 Å². The molecule has 3 nitrogen and oxygen atoms in total. The molecule has 1 amide bonds. The number of carbonyl (C=O) groups excluding carboxylic acids is 1. The van der Waals surface area contributed by atoms with E-state index in [0.29, 0.717) is 38.8 Å². The SMILES string of the molecule is C[C@H](CC(=O)N1CCC(O)(Cc2cc[c]cc2)CC1)c1ccccc1. The summed E-state index contributed by atoms with van der Waals surface area (Å²) < 4.78 is 0. The van der Waals surface area contributed by atoms with E-state index in [4.69, 9.17) is 0 Å². The van der Waals surface area contributed by atoms with E-state index >= 15 is 0 Å². The number of amides is 1. The molecule has 1 saturated heterocycles. The minimum Gasteiger partial charge on any atom is -0.389 e. The summed E-state index contributed by atoms with van der Waals surface area (Å²) in [6, 6.07) is 20.9. The molecular formula is C22H26NO2. The predicted molar refractivity (Wildman–Crippen MR) is 99.2 cm³/mol. The van der Waals surface area contributed by atoms with E-state index in [2.05, 4.69) is 25.1 Å². The van der Waals surface area contributed by atoms with Crippen molar-refractivity contribution in [3.05, 3.63) is 71.8 Å². The lowest BCUT2D eigenvalue weighted by atomic mass is 9.85. The standard InChI is InChI=1S/C22H26NO2/c1-18(20-10-6-3-7-11-20)16-21(24)23-14-12-22(25,13-15-23)17-19-8-4-2-5-9-19/h3-11,18,25H,12-17H2,1H3/t18-/m1/s1. The van der Waals surface area contributed by atoms with Gasteiger partial charge in [-0.05, 0) is 36.0 Å². The molecular weight excluding hydrogens is 310 g/mol. The molecule has 1 heterocycles. The first-order chi connectivity index (χ1) is 12.1. The Kier molecular flexibility index (Phi) is 5.54. The fourth-order valence-electron chi connectivity index (χ4n) is 3.56. The zero-order valence-electron chi connectivity index (χ0n) is 14.8. The fourth-order valence-corrected chi connectivity index (χ4v) is 3.56. The third-order valence-electron chi connectivity index (χ3n) is 5.22. The topological polar surface area (TPSA) is 40.5 Å². The molecule has 0 unspecified atom stereocenters. The van der Waals surface area contributed by atoms with Gasteiger partial charge in [-0.2, -0.15) is 0 Å². The predicted octanol–water partition coefficient (Wildman–Crippen LogP) is 3.58. The van der Waals surface area contributed by atoms with Crippen molar-refractivity contribution in [3.63, 3.8) is 0 Å². The van der Waals surface area contributed by atoms with Crippen LogP contribution in [0.2, 0.25) is 0 Å². The molecule has 1 N–H and O–H groups in total. The van der Waals surface area contributed by atoms with Crippen LogP contribution in [0.15, 0.2) is 54.6 Å². The average molecular weight is 336 g/mol. The van der Waals surface area contributed by atoms with Crippen molar-refractivity contribution in [2.24, 2.45) is 0 Å². The molecule has 3 heteroatoms. The highest BCUT2D eigenvalue weighted by Gasteiger charge is 2.34. The third-order valence-corrected chi connectivity index (χ3v) is 5.22. The number of aliphatic hydroxyl groups is 1. The molecule has 0 aliphatic carbocycles. The molecule has 2 aromatic rings. The van der Waals surface area contributed by atoms with E-state index in [0.717, 1.165) is 5.56 Å². The van der Waals surface area contributed by atoms with Gasteiger partial charge in [0.05, 0.1) is 5.60 Å². The van der Waals surface area contributed by atoms with Crippen LogP contribution in [0, 0.1) is 6.07 Å². The maximum atomic E-state index is 12.6. The second kappa shape index (κ2) is 7.83. The largest absolute Gasteiger partial charge is 0.389 e. The lowest BCUT2D eigenvalue weighted by molar-refractivity contribution is -0.135. The number of hydrogen-bond acceptors (Lipinski definition) is 2. The van der Waals surface area contributed by atoms with Crippen molar-refractivity contribution >= 4 is 5.91 Å². The summed E-state index contributed by atoms with van der Waals surface area (Å²) in [7, 11) is 0. The van der Waals surface area contributed by atoms with Gasteiger partial charge >= 0.3 is 0 Å². The maximum Gasteiger partial charge on any atom is 0.223 e. The minimum absolute atomic E-state index is 0.188. The summed E-state index contributed by atoms with van der Waals surface area (Å²) in [5, 5.41) is 10.8. The van der Waals surface area contributed by atoms with Crippen molar-refractivity contribution in [1.29, 1.82) is 0 Å². The molecule has 131 valence electrons. The highest BCUT2D eigenvalue weighted by molar-refractivity contribution is 5.77. The second-order valence-electron chi connectivity index (χ2n) is 7.21. The Morgan fingerprint density at radius 2 is 1.80 bits per heavy atom. The molecule has 0 aromatic heterocycles. The van der Waals surface area contributed by atoms with Gasteiger partial charge in [0.2, 0.25) is 5.91 Å². The van der Waals surface area contributed by atoms with Crippen LogP contribution in [0.3, 0.4) is 0 Å². The first-order valence-electron chi connectivity index (χ1n) is 9.06. The molecule has 0 saturated carbocycles. The van der Waals surface area contributed by atoms with E-state index < -0.39 is 5.60 Å². The highest BCUT2D eigenvalue weighted by atomic mass is 16.3. The summed E-state index contributed by atoms with van der Waals surface area (Å²) >= 11 is 0. The number of rotatable bonds is 5. The lowest BCUT2D eigenvalue weighted by Gasteiger charge is -2.38. The van der Waals surface area contributed by atoms with Crippen LogP contribution in [0.4, 0.5) is 0 Å². The number of carbonyl (C=O) groups is 1. The van der Waals surface area contributed by atoms with Gasteiger partial charge in [-0.15, -0.1) is 0 Å². The highest BCUT2D eigenvalue weighted by Crippen LogP contribution is 2.28. The number of nitrogens with zero attached hydrogens (tertiary/aromatic N) is 1. The van der Waals surface area contributed by atoms with Gasteiger partial charge in [-0.1, -0.05) is 61.5 Å². The van der Waals surface area contributed by atoms with Crippen LogP contribution >= 0.6 is 0 Å². The van der Waals surface area contributed by atoms with Crippen molar-refractivity contribution in [2.45, 2.75) is 44.1 Å². The van der Waals surface area contributed by atoms with Crippen molar-refractivity contribution in [3.8, 4) is 0 Å². The van der Waals surface area contributed by atoms with Crippen LogP contribution in [0.25, 0.3) is 0 Å². The number of benzene rings is 2. The quantitative estimate of drug-likeness (QED) is 0.907. The fraction of sp³-hybridized carbons (Fsp3) is 0.409. The smallest absolute Gasteiger partial charge is 0.223 e. The van der Waals surface area contributed by atoms with Gasteiger partial charge in [0.15, 0.2) is 0 Å². The summed E-state index contributed by atoms with van der Waals surface area (Å²) in [6.07, 6.45) is 2.44. The molecule has 1 fully saturated rings. The van der Waals surface area contributed by atoms with Crippen LogP contribution in [0.1, 0.15) is 43.2 Å². The van der Waals surface area contributed by atoms with Crippen LogP contribution in [-0.2, 0) is 11.2 Å². The van der Waals surface area contributed by atoms with Gasteiger partial charge in [0.1, 0.15) is 0 Å². The maximum absolute atomic E-state index is 12.6. The zero-order valence-corrected chi connectivity index (χ0v) is 14.8. The average Bonchev–Trinajstić information content (AvgIpc) is 2.63. The van der Waals surface area contributed by atoms with Gasteiger partial charge in [0.25, 0.3) is 0 Å². The Balaban J connectivity index is 1.52.